The van der Waals surface area contributed by atoms with Crippen LogP contribution >= 0.6 is 11.7 Å². The predicted molar refractivity (Wildman–Crippen MR) is 85.7 cm³/mol. The Hall–Kier alpha value is -1.57. The van der Waals surface area contributed by atoms with Gasteiger partial charge in [0.15, 0.2) is 0 Å². The van der Waals surface area contributed by atoms with Gasteiger partial charge in [0, 0.05) is 46.3 Å². The molecule has 22 heavy (non-hydrogen) atoms. The molecule has 2 fully saturated rings. The number of fused-ring (bicyclic) bond motifs is 2. The fourth-order valence-electron chi connectivity index (χ4n) is 3.40. The summed E-state index contributed by atoms with van der Waals surface area (Å²) >= 11 is 1.26. The summed E-state index contributed by atoms with van der Waals surface area (Å²) in [7, 11) is 1.90. The van der Waals surface area contributed by atoms with Gasteiger partial charge in [-0.1, -0.05) is 12.1 Å². The van der Waals surface area contributed by atoms with E-state index in [1.165, 1.54) is 17.3 Å². The summed E-state index contributed by atoms with van der Waals surface area (Å²) in [5.74, 6) is 0.254. The Balaban J connectivity index is 1.52. The van der Waals surface area contributed by atoms with Crippen molar-refractivity contribution in [3.05, 3.63) is 23.8 Å². The van der Waals surface area contributed by atoms with E-state index in [0.29, 0.717) is 0 Å². The second kappa shape index (κ2) is 5.57. The highest BCUT2D eigenvalue weighted by molar-refractivity contribution is 7.00. The van der Waals surface area contributed by atoms with Crippen LogP contribution in [0.3, 0.4) is 0 Å². The zero-order chi connectivity index (χ0) is 15.1. The first-order valence-corrected chi connectivity index (χ1v) is 8.37. The molecule has 0 spiro atoms. The molecule has 3 heterocycles. The number of hydrogen-bond donors (Lipinski definition) is 0. The van der Waals surface area contributed by atoms with Gasteiger partial charge in [-0.2, -0.15) is 8.75 Å². The van der Waals surface area contributed by atoms with Crippen molar-refractivity contribution in [2.45, 2.75) is 12.6 Å². The minimum atomic E-state index is 0.0141. The first-order chi connectivity index (χ1) is 10.7. The van der Waals surface area contributed by atoms with Crippen LogP contribution in [0.1, 0.15) is 5.56 Å². The summed E-state index contributed by atoms with van der Waals surface area (Å²) in [6.07, 6.45) is 0. The number of benzene rings is 1. The van der Waals surface area contributed by atoms with Crippen molar-refractivity contribution in [3.63, 3.8) is 0 Å². The monoisotopic (exact) mass is 317 g/mol. The van der Waals surface area contributed by atoms with Crippen molar-refractivity contribution in [1.29, 1.82) is 0 Å². The normalized spacial score (nSPS) is 24.0. The zero-order valence-corrected chi connectivity index (χ0v) is 13.4. The van der Waals surface area contributed by atoms with Gasteiger partial charge in [-0.05, 0) is 11.6 Å². The van der Waals surface area contributed by atoms with Gasteiger partial charge in [0.1, 0.15) is 17.1 Å². The fraction of sp³-hybridized carbons (Fsp3) is 0.533. The SMILES string of the molecule is CN1CCN2CCN(Cc3cccc4nsnc34)C[C@H]2C1=O. The molecule has 1 atom stereocenters. The Morgan fingerprint density at radius 1 is 1.23 bits per heavy atom. The third-order valence-corrected chi connectivity index (χ3v) is 5.27. The maximum atomic E-state index is 12.4. The Bertz CT molecular complexity index is 702. The van der Waals surface area contributed by atoms with E-state index in [0.717, 1.165) is 50.3 Å². The lowest BCUT2D eigenvalue weighted by molar-refractivity contribution is -0.143. The molecule has 0 bridgehead atoms. The first kappa shape index (κ1) is 14.0. The van der Waals surface area contributed by atoms with Crippen LogP contribution in [-0.2, 0) is 11.3 Å². The van der Waals surface area contributed by atoms with Crippen LogP contribution in [0.4, 0.5) is 0 Å². The molecule has 2 saturated heterocycles. The van der Waals surface area contributed by atoms with Crippen molar-refractivity contribution in [2.75, 3.05) is 39.8 Å². The second-order valence-corrected chi connectivity index (χ2v) is 6.62. The molecule has 0 aliphatic carbocycles. The number of rotatable bonds is 2. The minimum Gasteiger partial charge on any atom is -0.343 e. The number of nitrogens with zero attached hydrogens (tertiary/aromatic N) is 5. The molecule has 2 aromatic rings. The van der Waals surface area contributed by atoms with Gasteiger partial charge in [0.05, 0.1) is 11.7 Å². The van der Waals surface area contributed by atoms with Crippen molar-refractivity contribution in [1.82, 2.24) is 23.4 Å². The summed E-state index contributed by atoms with van der Waals surface area (Å²) in [6.45, 7) is 5.45. The molecule has 1 aromatic heterocycles. The molecule has 2 aliphatic rings. The smallest absolute Gasteiger partial charge is 0.241 e. The number of likely N-dealkylation sites (N-methyl/N-ethyl adjacent to an activating group) is 1. The van der Waals surface area contributed by atoms with Crippen molar-refractivity contribution in [3.8, 4) is 0 Å². The fourth-order valence-corrected chi connectivity index (χ4v) is 3.96. The molecular weight excluding hydrogens is 298 g/mol. The molecule has 6 nitrogen and oxygen atoms in total. The van der Waals surface area contributed by atoms with E-state index < -0.39 is 0 Å². The molecular formula is C15H19N5OS. The highest BCUT2D eigenvalue weighted by Gasteiger charge is 2.37. The second-order valence-electron chi connectivity index (χ2n) is 6.10. The zero-order valence-electron chi connectivity index (χ0n) is 12.6. The average Bonchev–Trinajstić information content (AvgIpc) is 3.01. The Morgan fingerprint density at radius 3 is 3.00 bits per heavy atom. The molecule has 116 valence electrons. The molecule has 2 aliphatic heterocycles. The number of aromatic nitrogens is 2. The number of carbonyl (C=O) groups is 1. The van der Waals surface area contributed by atoms with Crippen LogP contribution in [0.25, 0.3) is 11.0 Å². The van der Waals surface area contributed by atoms with E-state index >= 15 is 0 Å². The quantitative estimate of drug-likeness (QED) is 0.814. The Kier molecular flexibility index (Phi) is 3.56. The molecule has 7 heteroatoms. The minimum absolute atomic E-state index is 0.0141. The van der Waals surface area contributed by atoms with Gasteiger partial charge in [0.25, 0.3) is 0 Å². The molecule has 0 radical (unpaired) electrons. The third kappa shape index (κ3) is 2.39. The number of piperazine rings is 2. The van der Waals surface area contributed by atoms with Crippen LogP contribution in [0.5, 0.6) is 0 Å². The summed E-state index contributed by atoms with van der Waals surface area (Å²) in [4.78, 5) is 18.9. The standard InChI is InChI=1S/C15H19N5OS/c1-18-5-7-20-8-6-19(10-13(20)15(18)21)9-11-3-2-4-12-14(11)17-22-16-12/h2-4,13H,5-10H2,1H3/t13-/m0/s1. The number of amides is 1. The molecule has 0 N–H and O–H groups in total. The van der Waals surface area contributed by atoms with Crippen LogP contribution < -0.4 is 0 Å². The maximum absolute atomic E-state index is 12.4. The number of hydrogen-bond acceptors (Lipinski definition) is 6. The molecule has 0 saturated carbocycles. The average molecular weight is 317 g/mol. The molecule has 4 rings (SSSR count). The van der Waals surface area contributed by atoms with E-state index in [9.17, 15) is 4.79 Å². The van der Waals surface area contributed by atoms with Crippen LogP contribution in [0, 0.1) is 0 Å². The Labute approximate surface area is 133 Å². The van der Waals surface area contributed by atoms with E-state index in [2.05, 4.69) is 24.6 Å². The van der Waals surface area contributed by atoms with Gasteiger partial charge in [-0.15, -0.1) is 0 Å². The topological polar surface area (TPSA) is 52.6 Å². The maximum Gasteiger partial charge on any atom is 0.241 e. The van der Waals surface area contributed by atoms with Gasteiger partial charge >= 0.3 is 0 Å². The van der Waals surface area contributed by atoms with E-state index in [-0.39, 0.29) is 11.9 Å². The number of carbonyl (C=O) groups excluding carboxylic acids is 1. The third-order valence-electron chi connectivity index (χ3n) is 4.72. The predicted octanol–water partition coefficient (Wildman–Crippen LogP) is 0.649. The van der Waals surface area contributed by atoms with Crippen LogP contribution in [0.2, 0.25) is 0 Å². The summed E-state index contributed by atoms with van der Waals surface area (Å²) in [5, 5.41) is 0. The van der Waals surface area contributed by atoms with Crippen LogP contribution in [-0.4, -0.2) is 75.2 Å². The van der Waals surface area contributed by atoms with E-state index in [1.54, 1.807) is 0 Å². The lowest BCUT2D eigenvalue weighted by Crippen LogP contribution is -2.63. The summed E-state index contributed by atoms with van der Waals surface area (Å²) < 4.78 is 8.71. The van der Waals surface area contributed by atoms with Gasteiger partial charge in [0.2, 0.25) is 5.91 Å². The summed E-state index contributed by atoms with van der Waals surface area (Å²) in [5.41, 5.74) is 3.17. The largest absolute Gasteiger partial charge is 0.343 e. The van der Waals surface area contributed by atoms with Gasteiger partial charge in [-0.3, -0.25) is 14.6 Å². The molecule has 1 amide bonds. The highest BCUT2D eigenvalue weighted by Crippen LogP contribution is 2.21. The molecule has 1 aromatic carbocycles. The van der Waals surface area contributed by atoms with Crippen molar-refractivity contribution >= 4 is 28.7 Å². The molecule has 0 unspecified atom stereocenters. The van der Waals surface area contributed by atoms with E-state index in [1.807, 2.05) is 24.1 Å². The van der Waals surface area contributed by atoms with Crippen molar-refractivity contribution < 1.29 is 4.79 Å². The van der Waals surface area contributed by atoms with Crippen LogP contribution in [0.15, 0.2) is 18.2 Å². The lowest BCUT2D eigenvalue weighted by Gasteiger charge is -2.45. The van der Waals surface area contributed by atoms with Gasteiger partial charge < -0.3 is 4.90 Å². The van der Waals surface area contributed by atoms with Gasteiger partial charge in [-0.25, -0.2) is 0 Å². The van der Waals surface area contributed by atoms with E-state index in [4.69, 9.17) is 0 Å². The first-order valence-electron chi connectivity index (χ1n) is 7.64. The summed E-state index contributed by atoms with van der Waals surface area (Å²) in [6, 6.07) is 6.17. The van der Waals surface area contributed by atoms with Crippen molar-refractivity contribution in [2.24, 2.45) is 0 Å². The Morgan fingerprint density at radius 2 is 2.09 bits per heavy atom. The highest BCUT2D eigenvalue weighted by atomic mass is 32.1. The lowest BCUT2D eigenvalue weighted by atomic mass is 10.1.